The molecular formula is C12H30NO9P3. The zero-order chi connectivity index (χ0) is 19.6. The molecule has 25 heavy (non-hydrogen) atoms. The molecule has 0 aromatic rings. The van der Waals surface area contributed by atoms with E-state index in [1.54, 1.807) is 0 Å². The van der Waals surface area contributed by atoms with Crippen molar-refractivity contribution in [3.8, 4) is 0 Å². The molecule has 0 aromatic heterocycles. The van der Waals surface area contributed by atoms with Crippen LogP contribution in [0.15, 0.2) is 0 Å². The molecule has 1 saturated heterocycles. The molecule has 10 nitrogen and oxygen atoms in total. The normalized spacial score (nSPS) is 32.3. The van der Waals surface area contributed by atoms with Gasteiger partial charge in [-0.3, -0.25) is 0 Å². The average molecular weight is 425 g/mol. The van der Waals surface area contributed by atoms with E-state index >= 15 is 0 Å². The number of unbranched alkanes of at least 4 members (excludes halogenated alkanes) is 3. The van der Waals surface area contributed by atoms with Gasteiger partial charge in [-0.15, -0.1) is 0 Å². The summed E-state index contributed by atoms with van der Waals surface area (Å²) in [5.41, 5.74) is 0. The van der Waals surface area contributed by atoms with E-state index in [0.717, 1.165) is 0 Å². The van der Waals surface area contributed by atoms with Crippen molar-refractivity contribution in [2.75, 3.05) is 19.6 Å². The Labute approximate surface area is 149 Å². The molecule has 0 radical (unpaired) electrons. The first-order chi connectivity index (χ1) is 11.5. The van der Waals surface area contributed by atoms with Crippen LogP contribution >= 0.6 is 23.5 Å². The van der Waals surface area contributed by atoms with Crippen molar-refractivity contribution in [1.82, 2.24) is 4.90 Å². The summed E-state index contributed by atoms with van der Waals surface area (Å²) in [6.45, 7) is 10.8. The highest BCUT2D eigenvalue weighted by atomic mass is 31.3. The van der Waals surface area contributed by atoms with E-state index in [1.165, 1.54) is 58.2 Å². The van der Waals surface area contributed by atoms with Crippen molar-refractivity contribution < 1.29 is 41.3 Å². The van der Waals surface area contributed by atoms with Crippen LogP contribution in [0.3, 0.4) is 0 Å². The van der Waals surface area contributed by atoms with Crippen LogP contribution in [0.5, 0.6) is 0 Å². The lowest BCUT2D eigenvalue weighted by molar-refractivity contribution is 0.163. The van der Waals surface area contributed by atoms with Gasteiger partial charge in [0.25, 0.3) is 0 Å². The van der Waals surface area contributed by atoms with Crippen molar-refractivity contribution in [1.29, 1.82) is 0 Å². The molecular weight excluding hydrogens is 395 g/mol. The third-order valence-corrected chi connectivity index (χ3v) is 8.06. The van der Waals surface area contributed by atoms with Gasteiger partial charge >= 0.3 is 23.5 Å². The molecule has 0 bridgehead atoms. The first kappa shape index (κ1) is 25.4. The van der Waals surface area contributed by atoms with E-state index in [9.17, 15) is 13.7 Å². The Morgan fingerprint density at radius 2 is 0.880 bits per heavy atom. The fourth-order valence-corrected chi connectivity index (χ4v) is 6.21. The highest BCUT2D eigenvalue weighted by molar-refractivity contribution is 7.74. The molecule has 1 aliphatic heterocycles. The van der Waals surface area contributed by atoms with Gasteiger partial charge in [-0.2, -0.15) is 12.9 Å². The quantitative estimate of drug-likeness (QED) is 0.463. The number of rotatable bonds is 9. The summed E-state index contributed by atoms with van der Waals surface area (Å²) in [5, 5.41) is 0. The average Bonchev–Trinajstić information content (AvgIpc) is 2.42. The van der Waals surface area contributed by atoms with Crippen LogP contribution in [0.1, 0.15) is 59.3 Å². The number of nitrogens with zero attached hydrogens (tertiary/aromatic N) is 1. The minimum atomic E-state index is -4.98. The Morgan fingerprint density at radius 3 is 1.08 bits per heavy atom. The first-order valence-corrected chi connectivity index (χ1v) is 12.8. The summed E-state index contributed by atoms with van der Waals surface area (Å²) in [6, 6.07) is 0. The lowest BCUT2D eigenvalue weighted by atomic mass is 10.2. The van der Waals surface area contributed by atoms with Crippen LogP contribution in [0.2, 0.25) is 0 Å². The molecule has 0 amide bonds. The fourth-order valence-electron chi connectivity index (χ4n) is 1.92. The molecule has 1 rings (SSSR count). The standard InChI is InChI=1S/C12H27N.H3O9P3/c1-4-7-10-13(11-8-5-2)12-9-6-3;1-10(2)7-11(3,4)9-12(5,6)8-10/h4-12H2,1-3H3;(H,1,2)(H,3,4)(H,5,6). The summed E-state index contributed by atoms with van der Waals surface area (Å²) in [4.78, 5) is 27.9. The maximum Gasteiger partial charge on any atom is 0.490 e. The maximum atomic E-state index is 10.4. The van der Waals surface area contributed by atoms with Crippen molar-refractivity contribution in [2.45, 2.75) is 59.3 Å². The first-order valence-electron chi connectivity index (χ1n) is 8.31. The molecule has 13 heteroatoms. The van der Waals surface area contributed by atoms with Crippen molar-refractivity contribution in [3.05, 3.63) is 0 Å². The van der Waals surface area contributed by atoms with Crippen LogP contribution in [-0.2, 0) is 26.6 Å². The van der Waals surface area contributed by atoms with E-state index in [2.05, 4.69) is 38.6 Å². The highest BCUT2D eigenvalue weighted by Gasteiger charge is 2.52. The minimum Gasteiger partial charge on any atom is -0.303 e. The third kappa shape index (κ3) is 13.3. The SMILES string of the molecule is CCCCN(CCCC)CCCC.O=P1(O)OP(=O)(O)OP(=O)(O)O1. The largest absolute Gasteiger partial charge is 0.490 e. The number of hydrogen-bond acceptors (Lipinski definition) is 7. The van der Waals surface area contributed by atoms with E-state index in [-0.39, 0.29) is 0 Å². The molecule has 0 spiro atoms. The van der Waals surface area contributed by atoms with Gasteiger partial charge in [0.05, 0.1) is 0 Å². The highest BCUT2D eigenvalue weighted by Crippen LogP contribution is 2.78. The third-order valence-electron chi connectivity index (χ3n) is 3.10. The summed E-state index contributed by atoms with van der Waals surface area (Å²) >= 11 is 0. The van der Waals surface area contributed by atoms with Crippen LogP contribution in [-0.4, -0.2) is 39.2 Å². The van der Waals surface area contributed by atoms with Gasteiger partial charge in [-0.05, 0) is 38.9 Å². The van der Waals surface area contributed by atoms with Crippen molar-refractivity contribution in [3.63, 3.8) is 0 Å². The van der Waals surface area contributed by atoms with Gasteiger partial charge in [0.2, 0.25) is 0 Å². The molecule has 0 aromatic carbocycles. The summed E-state index contributed by atoms with van der Waals surface area (Å²) in [6.07, 6.45) is 8.09. The molecule has 0 unspecified atom stereocenters. The minimum absolute atomic E-state index is 1.32. The predicted octanol–water partition coefficient (Wildman–Crippen LogP) is 4.04. The second kappa shape index (κ2) is 12.0. The van der Waals surface area contributed by atoms with Crippen LogP contribution in [0.4, 0.5) is 0 Å². The Balaban J connectivity index is 0.000000462. The molecule has 1 aliphatic rings. The number of hydrogen-bond donors (Lipinski definition) is 3. The molecule has 0 aliphatic carbocycles. The Bertz CT molecular complexity index is 427. The van der Waals surface area contributed by atoms with Crippen molar-refractivity contribution in [2.24, 2.45) is 0 Å². The summed E-state index contributed by atoms with van der Waals surface area (Å²) < 4.78 is 41.6. The van der Waals surface area contributed by atoms with Crippen LogP contribution in [0.25, 0.3) is 0 Å². The second-order valence-electron chi connectivity index (χ2n) is 5.55. The second-order valence-corrected chi connectivity index (χ2v) is 10.3. The fraction of sp³-hybridized carbons (Fsp3) is 1.00. The van der Waals surface area contributed by atoms with Gasteiger partial charge in [-0.25, -0.2) is 13.7 Å². The van der Waals surface area contributed by atoms with Crippen LogP contribution < -0.4 is 0 Å². The smallest absolute Gasteiger partial charge is 0.303 e. The molecule has 3 N–H and O–H groups in total. The Kier molecular flexibility index (Phi) is 12.2. The lowest BCUT2D eigenvalue weighted by Crippen LogP contribution is -2.27. The van der Waals surface area contributed by atoms with Crippen LogP contribution in [0, 0.1) is 0 Å². The molecule has 0 saturated carbocycles. The van der Waals surface area contributed by atoms with Gasteiger partial charge in [0.15, 0.2) is 0 Å². The number of phosphoric acid groups is 3. The zero-order valence-corrected chi connectivity index (χ0v) is 17.6. The summed E-state index contributed by atoms with van der Waals surface area (Å²) in [7, 11) is -14.9. The zero-order valence-electron chi connectivity index (χ0n) is 14.9. The molecule has 0 atom stereocenters. The topological polar surface area (TPSA) is 143 Å². The maximum absolute atomic E-state index is 10.4. The van der Waals surface area contributed by atoms with E-state index in [4.69, 9.17) is 14.7 Å². The van der Waals surface area contributed by atoms with Gasteiger partial charge in [0.1, 0.15) is 0 Å². The predicted molar refractivity (Wildman–Crippen MR) is 93.9 cm³/mol. The van der Waals surface area contributed by atoms with Crippen molar-refractivity contribution >= 4 is 23.5 Å². The van der Waals surface area contributed by atoms with E-state index in [1.807, 2.05) is 0 Å². The van der Waals surface area contributed by atoms with E-state index in [0.29, 0.717) is 0 Å². The molecule has 152 valence electrons. The molecule has 1 heterocycles. The lowest BCUT2D eigenvalue weighted by Gasteiger charge is -2.23. The molecule has 1 fully saturated rings. The van der Waals surface area contributed by atoms with Gasteiger partial charge in [-0.1, -0.05) is 40.0 Å². The van der Waals surface area contributed by atoms with Gasteiger partial charge in [0, 0.05) is 0 Å². The monoisotopic (exact) mass is 425 g/mol. The van der Waals surface area contributed by atoms with Gasteiger partial charge < -0.3 is 19.6 Å². The summed E-state index contributed by atoms with van der Waals surface area (Å²) in [5.74, 6) is 0. The Morgan fingerprint density at radius 1 is 0.640 bits per heavy atom. The Hall–Kier alpha value is 0.410. The van der Waals surface area contributed by atoms with E-state index < -0.39 is 23.5 Å².